The molecule has 1 heterocycles. The fourth-order valence-corrected chi connectivity index (χ4v) is 3.59. The van der Waals surface area contributed by atoms with E-state index in [-0.39, 0.29) is 5.54 Å². The zero-order valence-corrected chi connectivity index (χ0v) is 13.4. The van der Waals surface area contributed by atoms with Gasteiger partial charge in [0.1, 0.15) is 0 Å². The quantitative estimate of drug-likeness (QED) is 0.848. The molecular weight excluding hydrogens is 250 g/mol. The van der Waals surface area contributed by atoms with Crippen molar-refractivity contribution in [2.75, 3.05) is 14.1 Å². The summed E-state index contributed by atoms with van der Waals surface area (Å²) in [4.78, 5) is 15.1. The lowest BCUT2D eigenvalue weighted by Crippen LogP contribution is -2.54. The van der Waals surface area contributed by atoms with Gasteiger partial charge in [-0.3, -0.25) is 14.4 Å². The number of hydrogen-bond donors (Lipinski definition) is 0. The summed E-state index contributed by atoms with van der Waals surface area (Å²) in [7, 11) is 6.01. The second-order valence-electron chi connectivity index (χ2n) is 6.63. The summed E-state index contributed by atoms with van der Waals surface area (Å²) in [6.45, 7) is 4.23. The standard InChI is InChI=1S/C16H27N3O/c1-12-7-6-8-16(11-12,18(3)4)15(20)10-14-9-13(2)17-19(14)5/h9,12H,6-8,10-11H2,1-5H3. The van der Waals surface area contributed by atoms with Crippen LogP contribution in [0.3, 0.4) is 0 Å². The molecular formula is C16H27N3O. The van der Waals surface area contributed by atoms with E-state index in [0.29, 0.717) is 18.1 Å². The summed E-state index contributed by atoms with van der Waals surface area (Å²) in [6, 6.07) is 2.02. The van der Waals surface area contributed by atoms with Gasteiger partial charge in [-0.1, -0.05) is 19.8 Å². The molecule has 112 valence electrons. The molecule has 1 aromatic rings. The van der Waals surface area contributed by atoms with Crippen molar-refractivity contribution in [2.45, 2.75) is 51.5 Å². The summed E-state index contributed by atoms with van der Waals surface area (Å²) in [6.07, 6.45) is 4.85. The van der Waals surface area contributed by atoms with E-state index in [4.69, 9.17) is 0 Å². The minimum atomic E-state index is -0.282. The van der Waals surface area contributed by atoms with Crippen LogP contribution in [0.2, 0.25) is 0 Å². The van der Waals surface area contributed by atoms with E-state index in [9.17, 15) is 4.79 Å². The number of ketones is 1. The number of aromatic nitrogens is 2. The van der Waals surface area contributed by atoms with Gasteiger partial charge in [-0.05, 0) is 45.8 Å². The van der Waals surface area contributed by atoms with Gasteiger partial charge in [-0.2, -0.15) is 5.10 Å². The van der Waals surface area contributed by atoms with Gasteiger partial charge in [-0.25, -0.2) is 0 Å². The van der Waals surface area contributed by atoms with Crippen molar-refractivity contribution in [3.05, 3.63) is 17.5 Å². The molecule has 0 spiro atoms. The highest BCUT2D eigenvalue weighted by atomic mass is 16.1. The minimum absolute atomic E-state index is 0.282. The zero-order valence-electron chi connectivity index (χ0n) is 13.4. The van der Waals surface area contributed by atoms with Gasteiger partial charge in [0.15, 0.2) is 5.78 Å². The lowest BCUT2D eigenvalue weighted by Gasteiger charge is -2.43. The first-order valence-corrected chi connectivity index (χ1v) is 7.55. The number of likely N-dealkylation sites (N-methyl/N-ethyl adjacent to an activating group) is 1. The van der Waals surface area contributed by atoms with Crippen LogP contribution in [0.1, 0.15) is 44.0 Å². The number of carbonyl (C=O) groups excluding carboxylic acids is 1. The van der Waals surface area contributed by atoms with Gasteiger partial charge in [0.05, 0.1) is 17.7 Å². The predicted octanol–water partition coefficient (Wildman–Crippen LogP) is 2.35. The van der Waals surface area contributed by atoms with Crippen molar-refractivity contribution < 1.29 is 4.79 Å². The van der Waals surface area contributed by atoms with Gasteiger partial charge >= 0.3 is 0 Å². The second-order valence-corrected chi connectivity index (χ2v) is 6.63. The molecule has 0 radical (unpaired) electrons. The summed E-state index contributed by atoms with van der Waals surface area (Å²) < 4.78 is 1.84. The molecule has 2 rings (SSSR count). The van der Waals surface area contributed by atoms with Crippen LogP contribution in [0.15, 0.2) is 6.07 Å². The first-order chi connectivity index (χ1) is 9.35. The molecule has 2 unspecified atom stereocenters. The van der Waals surface area contributed by atoms with Crippen LogP contribution in [0, 0.1) is 12.8 Å². The third-order valence-electron chi connectivity index (χ3n) is 4.79. The Morgan fingerprint density at radius 2 is 2.25 bits per heavy atom. The van der Waals surface area contributed by atoms with E-state index >= 15 is 0 Å². The molecule has 2 atom stereocenters. The van der Waals surface area contributed by atoms with Crippen LogP contribution in [0.5, 0.6) is 0 Å². The Labute approximate surface area is 122 Å². The Bertz CT molecular complexity index is 492. The Balaban J connectivity index is 2.21. The first kappa shape index (κ1) is 15.2. The van der Waals surface area contributed by atoms with Gasteiger partial charge in [0.2, 0.25) is 0 Å². The summed E-state index contributed by atoms with van der Waals surface area (Å²) in [5.74, 6) is 0.973. The molecule has 0 N–H and O–H groups in total. The Morgan fingerprint density at radius 3 is 2.75 bits per heavy atom. The van der Waals surface area contributed by atoms with Crippen LogP contribution in [-0.2, 0) is 18.3 Å². The Kier molecular flexibility index (Phi) is 4.33. The third kappa shape index (κ3) is 2.80. The number of carbonyl (C=O) groups is 1. The molecule has 1 aliphatic carbocycles. The van der Waals surface area contributed by atoms with Crippen LogP contribution >= 0.6 is 0 Å². The molecule has 4 heteroatoms. The van der Waals surface area contributed by atoms with Crippen molar-refractivity contribution >= 4 is 5.78 Å². The number of aryl methyl sites for hydroxylation is 2. The lowest BCUT2D eigenvalue weighted by atomic mass is 9.72. The van der Waals surface area contributed by atoms with Gasteiger partial charge in [0.25, 0.3) is 0 Å². The average molecular weight is 277 g/mol. The Hall–Kier alpha value is -1.16. The predicted molar refractivity (Wildman–Crippen MR) is 80.7 cm³/mol. The van der Waals surface area contributed by atoms with E-state index < -0.39 is 0 Å². The molecule has 0 bridgehead atoms. The molecule has 0 aromatic carbocycles. The van der Waals surface area contributed by atoms with Crippen molar-refractivity contribution in [2.24, 2.45) is 13.0 Å². The van der Waals surface area contributed by atoms with Gasteiger partial charge in [-0.15, -0.1) is 0 Å². The lowest BCUT2D eigenvalue weighted by molar-refractivity contribution is -0.132. The highest BCUT2D eigenvalue weighted by Gasteiger charge is 2.43. The average Bonchev–Trinajstić information content (AvgIpc) is 2.67. The normalized spacial score (nSPS) is 27.0. The maximum atomic E-state index is 13.0. The van der Waals surface area contributed by atoms with Crippen LogP contribution in [0.25, 0.3) is 0 Å². The fraction of sp³-hybridized carbons (Fsp3) is 0.750. The highest BCUT2D eigenvalue weighted by Crippen LogP contribution is 2.37. The van der Waals surface area contributed by atoms with Crippen molar-refractivity contribution in [1.82, 2.24) is 14.7 Å². The zero-order chi connectivity index (χ0) is 14.9. The highest BCUT2D eigenvalue weighted by molar-refractivity contribution is 5.90. The Morgan fingerprint density at radius 1 is 1.55 bits per heavy atom. The van der Waals surface area contributed by atoms with Crippen LogP contribution in [-0.4, -0.2) is 40.1 Å². The second kappa shape index (κ2) is 5.68. The molecule has 1 aliphatic rings. The number of rotatable bonds is 4. The van der Waals surface area contributed by atoms with Gasteiger partial charge < -0.3 is 0 Å². The largest absolute Gasteiger partial charge is 0.297 e. The van der Waals surface area contributed by atoms with Crippen molar-refractivity contribution in [1.29, 1.82) is 0 Å². The topological polar surface area (TPSA) is 38.1 Å². The number of nitrogens with zero attached hydrogens (tertiary/aromatic N) is 3. The molecule has 1 fully saturated rings. The van der Waals surface area contributed by atoms with Crippen LogP contribution < -0.4 is 0 Å². The number of Topliss-reactive ketones (excluding diaryl/α,β-unsaturated/α-hetero) is 1. The minimum Gasteiger partial charge on any atom is -0.297 e. The molecule has 1 saturated carbocycles. The van der Waals surface area contributed by atoms with Crippen LogP contribution in [0.4, 0.5) is 0 Å². The van der Waals surface area contributed by atoms with E-state index in [2.05, 4.69) is 16.9 Å². The number of hydrogen-bond acceptors (Lipinski definition) is 3. The smallest absolute Gasteiger partial charge is 0.158 e. The monoisotopic (exact) mass is 277 g/mol. The van der Waals surface area contributed by atoms with Crippen molar-refractivity contribution in [3.8, 4) is 0 Å². The van der Waals surface area contributed by atoms with E-state index in [1.165, 1.54) is 6.42 Å². The summed E-state index contributed by atoms with van der Waals surface area (Å²) in [5, 5.41) is 4.34. The third-order valence-corrected chi connectivity index (χ3v) is 4.79. The van der Waals surface area contributed by atoms with Gasteiger partial charge in [0, 0.05) is 12.7 Å². The summed E-state index contributed by atoms with van der Waals surface area (Å²) in [5.41, 5.74) is 1.72. The SMILES string of the molecule is Cc1cc(CC(=O)C2(N(C)C)CCCC(C)C2)n(C)n1. The molecule has 4 nitrogen and oxygen atoms in total. The molecule has 20 heavy (non-hydrogen) atoms. The maximum absolute atomic E-state index is 13.0. The maximum Gasteiger partial charge on any atom is 0.158 e. The molecule has 0 aliphatic heterocycles. The van der Waals surface area contributed by atoms with E-state index in [1.54, 1.807) is 0 Å². The molecule has 1 aromatic heterocycles. The van der Waals surface area contributed by atoms with E-state index in [0.717, 1.165) is 30.7 Å². The summed E-state index contributed by atoms with van der Waals surface area (Å²) >= 11 is 0. The van der Waals surface area contributed by atoms with E-state index in [1.807, 2.05) is 38.8 Å². The fourth-order valence-electron chi connectivity index (χ4n) is 3.59. The molecule has 0 saturated heterocycles. The molecule has 0 amide bonds. The first-order valence-electron chi connectivity index (χ1n) is 7.55. The van der Waals surface area contributed by atoms with Crippen molar-refractivity contribution in [3.63, 3.8) is 0 Å².